The minimum absolute atomic E-state index is 0.00782. The molecule has 0 unspecified atom stereocenters. The normalized spacial score (nSPS) is 33.7. The van der Waals surface area contributed by atoms with Crippen LogP contribution < -0.4 is 0 Å². The lowest BCUT2D eigenvalue weighted by atomic mass is 9.89. The summed E-state index contributed by atoms with van der Waals surface area (Å²) in [6.45, 7) is 2.11. The molecule has 0 aliphatic heterocycles. The molecule has 0 spiro atoms. The number of hydrogen-bond acceptors (Lipinski definition) is 2. The van der Waals surface area contributed by atoms with E-state index in [-0.39, 0.29) is 6.61 Å². The quantitative estimate of drug-likeness (QED) is 0.529. The maximum Gasteiger partial charge on any atom is 0.0774 e. The molecule has 0 aromatic heterocycles. The lowest BCUT2D eigenvalue weighted by Crippen LogP contribution is -2.20. The van der Waals surface area contributed by atoms with Gasteiger partial charge in [0.2, 0.25) is 0 Å². The number of aliphatic hydroxyl groups excluding tert-OH is 2. The molecule has 0 fully saturated rings. The van der Waals surface area contributed by atoms with Gasteiger partial charge in [0.15, 0.2) is 0 Å². The molecule has 0 bridgehead atoms. The van der Waals surface area contributed by atoms with Crippen LogP contribution in [-0.4, -0.2) is 22.9 Å². The molecule has 1 rings (SSSR count). The average molecular weight is 142 g/mol. The van der Waals surface area contributed by atoms with Crippen LogP contribution in [0.5, 0.6) is 0 Å². The average Bonchev–Trinajstić information content (AvgIpc) is 1.88. The highest BCUT2D eigenvalue weighted by Gasteiger charge is 2.18. The zero-order chi connectivity index (χ0) is 7.56. The SMILES string of the molecule is C[C@@H]1CC=C(CO)[C@H](O)C1. The van der Waals surface area contributed by atoms with Crippen LogP contribution in [-0.2, 0) is 0 Å². The summed E-state index contributed by atoms with van der Waals surface area (Å²) < 4.78 is 0. The highest BCUT2D eigenvalue weighted by Crippen LogP contribution is 2.22. The Labute approximate surface area is 61.2 Å². The molecule has 2 nitrogen and oxygen atoms in total. The molecular formula is C8H14O2. The molecule has 2 atom stereocenters. The van der Waals surface area contributed by atoms with Crippen LogP contribution in [0.25, 0.3) is 0 Å². The van der Waals surface area contributed by atoms with Crippen molar-refractivity contribution in [3.05, 3.63) is 11.6 Å². The van der Waals surface area contributed by atoms with Crippen molar-refractivity contribution < 1.29 is 10.2 Å². The molecule has 1 aliphatic carbocycles. The summed E-state index contributed by atoms with van der Waals surface area (Å²) in [4.78, 5) is 0. The van der Waals surface area contributed by atoms with Gasteiger partial charge in [0.25, 0.3) is 0 Å². The minimum Gasteiger partial charge on any atom is -0.392 e. The molecule has 0 amide bonds. The topological polar surface area (TPSA) is 40.5 Å². The van der Waals surface area contributed by atoms with Crippen LogP contribution in [0.1, 0.15) is 19.8 Å². The minimum atomic E-state index is -0.395. The molecule has 1 aliphatic rings. The number of hydrogen-bond donors (Lipinski definition) is 2. The number of rotatable bonds is 1. The second-order valence-electron chi connectivity index (χ2n) is 3.03. The molecular weight excluding hydrogens is 128 g/mol. The molecule has 58 valence electrons. The fraction of sp³-hybridized carbons (Fsp3) is 0.750. The Balaban J connectivity index is 2.57. The first kappa shape index (κ1) is 7.76. The first-order chi connectivity index (χ1) is 4.74. The van der Waals surface area contributed by atoms with E-state index >= 15 is 0 Å². The lowest BCUT2D eigenvalue weighted by molar-refractivity contribution is 0.152. The summed E-state index contributed by atoms with van der Waals surface area (Å²) in [7, 11) is 0. The number of allylic oxidation sites excluding steroid dienone is 1. The van der Waals surface area contributed by atoms with Crippen molar-refractivity contribution in [3.8, 4) is 0 Å². The van der Waals surface area contributed by atoms with E-state index in [1.807, 2.05) is 6.08 Å². The predicted octanol–water partition coefficient (Wildman–Crippen LogP) is 0.696. The van der Waals surface area contributed by atoms with Crippen LogP contribution in [0.15, 0.2) is 11.6 Å². The lowest BCUT2D eigenvalue weighted by Gasteiger charge is -2.22. The Kier molecular flexibility index (Phi) is 2.46. The maximum atomic E-state index is 9.31. The largest absolute Gasteiger partial charge is 0.392 e. The zero-order valence-corrected chi connectivity index (χ0v) is 6.25. The van der Waals surface area contributed by atoms with Gasteiger partial charge in [0.1, 0.15) is 0 Å². The highest BCUT2D eigenvalue weighted by molar-refractivity contribution is 5.11. The first-order valence-corrected chi connectivity index (χ1v) is 3.72. The van der Waals surface area contributed by atoms with E-state index in [2.05, 4.69) is 6.92 Å². The van der Waals surface area contributed by atoms with E-state index in [1.54, 1.807) is 0 Å². The Bertz CT molecular complexity index is 140. The number of aliphatic hydroxyl groups is 2. The molecule has 0 radical (unpaired) electrons. The van der Waals surface area contributed by atoms with E-state index in [9.17, 15) is 5.11 Å². The van der Waals surface area contributed by atoms with Crippen molar-refractivity contribution in [1.29, 1.82) is 0 Å². The third-order valence-corrected chi connectivity index (χ3v) is 2.02. The molecule has 0 aromatic rings. The van der Waals surface area contributed by atoms with Gasteiger partial charge in [-0.3, -0.25) is 0 Å². The van der Waals surface area contributed by atoms with Crippen molar-refractivity contribution in [2.75, 3.05) is 6.61 Å². The molecule has 2 N–H and O–H groups in total. The van der Waals surface area contributed by atoms with Gasteiger partial charge in [-0.1, -0.05) is 13.0 Å². The molecule has 10 heavy (non-hydrogen) atoms. The molecule has 0 heterocycles. The summed E-state index contributed by atoms with van der Waals surface area (Å²) in [5, 5.41) is 18.0. The van der Waals surface area contributed by atoms with E-state index in [0.29, 0.717) is 5.92 Å². The van der Waals surface area contributed by atoms with Gasteiger partial charge in [-0.2, -0.15) is 0 Å². The second kappa shape index (κ2) is 3.17. The summed E-state index contributed by atoms with van der Waals surface area (Å²) in [6, 6.07) is 0. The van der Waals surface area contributed by atoms with Crippen LogP contribution in [0.4, 0.5) is 0 Å². The smallest absolute Gasteiger partial charge is 0.0774 e. The van der Waals surface area contributed by atoms with E-state index in [1.165, 1.54) is 0 Å². The van der Waals surface area contributed by atoms with Gasteiger partial charge in [-0.05, 0) is 24.3 Å². The van der Waals surface area contributed by atoms with Gasteiger partial charge in [-0.25, -0.2) is 0 Å². The van der Waals surface area contributed by atoms with Crippen LogP contribution in [0.2, 0.25) is 0 Å². The molecule has 2 heteroatoms. The maximum absolute atomic E-state index is 9.31. The Hall–Kier alpha value is -0.340. The molecule has 0 aromatic carbocycles. The van der Waals surface area contributed by atoms with Crippen molar-refractivity contribution in [2.24, 2.45) is 5.92 Å². The van der Waals surface area contributed by atoms with Gasteiger partial charge in [0, 0.05) is 0 Å². The van der Waals surface area contributed by atoms with Gasteiger partial charge >= 0.3 is 0 Å². The van der Waals surface area contributed by atoms with Crippen molar-refractivity contribution in [1.82, 2.24) is 0 Å². The zero-order valence-electron chi connectivity index (χ0n) is 6.25. The fourth-order valence-electron chi connectivity index (χ4n) is 1.29. The van der Waals surface area contributed by atoms with Crippen LogP contribution in [0.3, 0.4) is 0 Å². The van der Waals surface area contributed by atoms with Crippen molar-refractivity contribution in [2.45, 2.75) is 25.9 Å². The third-order valence-electron chi connectivity index (χ3n) is 2.02. The first-order valence-electron chi connectivity index (χ1n) is 3.72. The van der Waals surface area contributed by atoms with Crippen LogP contribution >= 0.6 is 0 Å². The summed E-state index contributed by atoms with van der Waals surface area (Å²) in [5.74, 6) is 0.560. The van der Waals surface area contributed by atoms with Crippen molar-refractivity contribution >= 4 is 0 Å². The molecule has 0 saturated carbocycles. The Morgan fingerprint density at radius 3 is 2.90 bits per heavy atom. The standard InChI is InChI=1S/C8H14O2/c1-6-2-3-7(5-9)8(10)4-6/h3,6,8-10H,2,4-5H2,1H3/t6-,8-/m1/s1. The van der Waals surface area contributed by atoms with E-state index in [0.717, 1.165) is 18.4 Å². The molecule has 0 saturated heterocycles. The highest BCUT2D eigenvalue weighted by atomic mass is 16.3. The summed E-state index contributed by atoms with van der Waals surface area (Å²) in [6.07, 6.45) is 3.34. The van der Waals surface area contributed by atoms with E-state index in [4.69, 9.17) is 5.11 Å². The van der Waals surface area contributed by atoms with Gasteiger partial charge in [-0.15, -0.1) is 0 Å². The monoisotopic (exact) mass is 142 g/mol. The third kappa shape index (κ3) is 1.58. The van der Waals surface area contributed by atoms with E-state index < -0.39 is 6.10 Å². The fourth-order valence-corrected chi connectivity index (χ4v) is 1.29. The second-order valence-corrected chi connectivity index (χ2v) is 3.03. The van der Waals surface area contributed by atoms with Crippen molar-refractivity contribution in [3.63, 3.8) is 0 Å². The Morgan fingerprint density at radius 2 is 2.40 bits per heavy atom. The van der Waals surface area contributed by atoms with Gasteiger partial charge < -0.3 is 10.2 Å². The Morgan fingerprint density at radius 1 is 1.70 bits per heavy atom. The summed E-state index contributed by atoms with van der Waals surface area (Å²) >= 11 is 0. The van der Waals surface area contributed by atoms with Crippen LogP contribution in [0, 0.1) is 5.92 Å². The predicted molar refractivity (Wildman–Crippen MR) is 39.6 cm³/mol. The van der Waals surface area contributed by atoms with Gasteiger partial charge in [0.05, 0.1) is 12.7 Å². The summed E-state index contributed by atoms with van der Waals surface area (Å²) in [5.41, 5.74) is 0.790.